The average molecular weight is 388 g/mol. The number of nitrogens with zero attached hydrogens (tertiary/aromatic N) is 2. The van der Waals surface area contributed by atoms with Crippen LogP contribution < -0.4 is 10.6 Å². The van der Waals surface area contributed by atoms with E-state index in [4.69, 9.17) is 5.73 Å². The zero-order chi connectivity index (χ0) is 16.2. The third-order valence-electron chi connectivity index (χ3n) is 5.50. The lowest BCUT2D eigenvalue weighted by atomic mass is 9.94. The molecule has 0 spiro atoms. The molecule has 1 amide bonds. The predicted molar refractivity (Wildman–Crippen MR) is 109 cm³/mol. The maximum Gasteiger partial charge on any atom is 0.226 e. The molecule has 6 heteroatoms. The predicted octanol–water partition coefficient (Wildman–Crippen LogP) is 3.46. The molecule has 1 aliphatic carbocycles. The fraction of sp³-hybridized carbons (Fsp3) is 0.632. The summed E-state index contributed by atoms with van der Waals surface area (Å²) >= 11 is 0. The molecule has 0 radical (unpaired) electrons. The van der Waals surface area contributed by atoms with Gasteiger partial charge in [-0.05, 0) is 49.8 Å². The van der Waals surface area contributed by atoms with E-state index >= 15 is 0 Å². The van der Waals surface area contributed by atoms with Crippen molar-refractivity contribution in [1.29, 1.82) is 0 Å². The molecule has 2 aliphatic rings. The Kier molecular flexibility index (Phi) is 9.04. The third kappa shape index (κ3) is 5.02. The minimum atomic E-state index is 0. The summed E-state index contributed by atoms with van der Waals surface area (Å²) in [6, 6.07) is 8.52. The lowest BCUT2D eigenvalue weighted by Crippen LogP contribution is -2.36. The second kappa shape index (κ2) is 10.2. The van der Waals surface area contributed by atoms with Crippen molar-refractivity contribution in [2.75, 3.05) is 31.6 Å². The van der Waals surface area contributed by atoms with E-state index in [0.717, 1.165) is 32.4 Å². The van der Waals surface area contributed by atoms with Gasteiger partial charge in [0.05, 0.1) is 0 Å². The molecule has 0 bridgehead atoms. The van der Waals surface area contributed by atoms with Crippen molar-refractivity contribution in [3.63, 3.8) is 0 Å². The van der Waals surface area contributed by atoms with Gasteiger partial charge in [-0.1, -0.05) is 24.6 Å². The zero-order valence-corrected chi connectivity index (χ0v) is 16.7. The van der Waals surface area contributed by atoms with Crippen molar-refractivity contribution in [2.24, 2.45) is 17.6 Å². The monoisotopic (exact) mass is 387 g/mol. The minimum Gasteiger partial charge on any atom is -0.371 e. The summed E-state index contributed by atoms with van der Waals surface area (Å²) in [4.78, 5) is 17.2. The number of hydrogen-bond acceptors (Lipinski definition) is 3. The van der Waals surface area contributed by atoms with Crippen LogP contribution in [0.25, 0.3) is 0 Å². The van der Waals surface area contributed by atoms with E-state index in [1.165, 1.54) is 24.1 Å². The molecule has 0 aromatic heterocycles. The first-order valence-electron chi connectivity index (χ1n) is 8.98. The Morgan fingerprint density at radius 2 is 1.84 bits per heavy atom. The van der Waals surface area contributed by atoms with Gasteiger partial charge in [-0.15, -0.1) is 24.8 Å². The van der Waals surface area contributed by atoms with Gasteiger partial charge in [-0.2, -0.15) is 0 Å². The number of carbonyl (C=O) groups excluding carboxylic acids is 1. The van der Waals surface area contributed by atoms with E-state index in [9.17, 15) is 4.79 Å². The van der Waals surface area contributed by atoms with Crippen LogP contribution in [-0.4, -0.2) is 37.5 Å². The Labute approximate surface area is 163 Å². The topological polar surface area (TPSA) is 49.6 Å². The zero-order valence-electron chi connectivity index (χ0n) is 15.0. The Balaban J connectivity index is 0.00000156. The highest BCUT2D eigenvalue weighted by atomic mass is 35.5. The van der Waals surface area contributed by atoms with Crippen LogP contribution in [0.4, 0.5) is 5.69 Å². The first-order valence-corrected chi connectivity index (χ1v) is 8.98. The van der Waals surface area contributed by atoms with E-state index in [1.807, 2.05) is 11.9 Å². The summed E-state index contributed by atoms with van der Waals surface area (Å²) in [5, 5.41) is 0. The van der Waals surface area contributed by atoms with Gasteiger partial charge in [0, 0.05) is 38.3 Å². The third-order valence-corrected chi connectivity index (χ3v) is 5.50. The minimum absolute atomic E-state index is 0. The van der Waals surface area contributed by atoms with Gasteiger partial charge in [-0.3, -0.25) is 4.79 Å². The summed E-state index contributed by atoms with van der Waals surface area (Å²) in [5.41, 5.74) is 8.40. The molecule has 1 saturated carbocycles. The summed E-state index contributed by atoms with van der Waals surface area (Å²) in [5.74, 6) is 0.775. The van der Waals surface area contributed by atoms with Crippen molar-refractivity contribution < 1.29 is 4.79 Å². The number of para-hydroxylation sites is 1. The SMILES string of the molecule is CN(Cc1ccccc1N1CCCC1)C(=O)[C@@H]1CCC[C@@H]1CN.Cl.Cl. The highest BCUT2D eigenvalue weighted by Crippen LogP contribution is 2.33. The largest absolute Gasteiger partial charge is 0.371 e. The van der Waals surface area contributed by atoms with Gasteiger partial charge >= 0.3 is 0 Å². The molecule has 1 aromatic rings. The molecule has 142 valence electrons. The van der Waals surface area contributed by atoms with Gasteiger partial charge in [0.2, 0.25) is 5.91 Å². The highest BCUT2D eigenvalue weighted by Gasteiger charge is 2.33. The Bertz CT molecular complexity index is 549. The van der Waals surface area contributed by atoms with Crippen LogP contribution in [-0.2, 0) is 11.3 Å². The van der Waals surface area contributed by atoms with Crippen LogP contribution in [0.3, 0.4) is 0 Å². The summed E-state index contributed by atoms with van der Waals surface area (Å²) in [7, 11) is 1.94. The second-order valence-corrected chi connectivity index (χ2v) is 7.05. The Hall–Kier alpha value is -0.970. The van der Waals surface area contributed by atoms with Gasteiger partial charge in [0.1, 0.15) is 0 Å². The van der Waals surface area contributed by atoms with E-state index in [-0.39, 0.29) is 36.6 Å². The lowest BCUT2D eigenvalue weighted by molar-refractivity contribution is -0.135. The van der Waals surface area contributed by atoms with Crippen molar-refractivity contribution in [3.8, 4) is 0 Å². The van der Waals surface area contributed by atoms with Crippen molar-refractivity contribution in [3.05, 3.63) is 29.8 Å². The van der Waals surface area contributed by atoms with E-state index < -0.39 is 0 Å². The van der Waals surface area contributed by atoms with Crippen LogP contribution >= 0.6 is 24.8 Å². The lowest BCUT2D eigenvalue weighted by Gasteiger charge is -2.27. The van der Waals surface area contributed by atoms with Crippen LogP contribution in [0, 0.1) is 11.8 Å². The molecule has 2 fully saturated rings. The van der Waals surface area contributed by atoms with Crippen molar-refractivity contribution >= 4 is 36.4 Å². The maximum atomic E-state index is 12.8. The Morgan fingerprint density at radius 3 is 2.52 bits per heavy atom. The number of hydrogen-bond donors (Lipinski definition) is 1. The van der Waals surface area contributed by atoms with Crippen LogP contribution in [0.15, 0.2) is 24.3 Å². The van der Waals surface area contributed by atoms with Crippen LogP contribution in [0.2, 0.25) is 0 Å². The van der Waals surface area contributed by atoms with Gasteiger partial charge in [0.15, 0.2) is 0 Å². The molecular weight excluding hydrogens is 357 g/mol. The molecule has 1 heterocycles. The molecule has 0 unspecified atom stereocenters. The highest BCUT2D eigenvalue weighted by molar-refractivity contribution is 5.85. The quantitative estimate of drug-likeness (QED) is 0.841. The molecule has 1 saturated heterocycles. The standard InChI is InChI=1S/C19H29N3O.2ClH/c1-21(19(23)17-9-6-8-15(17)13-20)14-16-7-2-3-10-18(16)22-11-4-5-12-22;;/h2-3,7,10,15,17H,4-6,8-9,11-14,20H2,1H3;2*1H/t15-,17-;;/m1../s1. The molecule has 2 atom stereocenters. The number of halogens is 2. The van der Waals surface area contributed by atoms with E-state index in [2.05, 4.69) is 29.2 Å². The van der Waals surface area contributed by atoms with Crippen LogP contribution in [0.1, 0.15) is 37.7 Å². The van der Waals surface area contributed by atoms with Gasteiger partial charge in [-0.25, -0.2) is 0 Å². The van der Waals surface area contributed by atoms with E-state index in [0.29, 0.717) is 19.0 Å². The normalized spacial score (nSPS) is 22.2. The number of benzene rings is 1. The smallest absolute Gasteiger partial charge is 0.226 e. The number of amides is 1. The molecule has 1 aromatic carbocycles. The van der Waals surface area contributed by atoms with Crippen molar-refractivity contribution in [1.82, 2.24) is 4.90 Å². The van der Waals surface area contributed by atoms with E-state index in [1.54, 1.807) is 0 Å². The number of carbonyl (C=O) groups is 1. The average Bonchev–Trinajstić information content (AvgIpc) is 3.25. The first-order chi connectivity index (χ1) is 11.2. The molecule has 4 nitrogen and oxygen atoms in total. The van der Waals surface area contributed by atoms with Crippen LogP contribution in [0.5, 0.6) is 0 Å². The molecule has 25 heavy (non-hydrogen) atoms. The molecule has 2 N–H and O–H groups in total. The number of anilines is 1. The summed E-state index contributed by atoms with van der Waals surface area (Å²) in [6.07, 6.45) is 5.77. The van der Waals surface area contributed by atoms with Crippen molar-refractivity contribution in [2.45, 2.75) is 38.6 Å². The second-order valence-electron chi connectivity index (χ2n) is 7.05. The van der Waals surface area contributed by atoms with Gasteiger partial charge < -0.3 is 15.5 Å². The summed E-state index contributed by atoms with van der Waals surface area (Å²) < 4.78 is 0. The summed E-state index contributed by atoms with van der Waals surface area (Å²) in [6.45, 7) is 3.59. The Morgan fingerprint density at radius 1 is 1.16 bits per heavy atom. The maximum absolute atomic E-state index is 12.8. The van der Waals surface area contributed by atoms with Gasteiger partial charge in [0.25, 0.3) is 0 Å². The molecular formula is C19H31Cl2N3O. The fourth-order valence-electron chi connectivity index (χ4n) is 4.17. The molecule has 3 rings (SSSR count). The first kappa shape index (κ1) is 22.1. The number of nitrogens with two attached hydrogens (primary N) is 1. The number of rotatable bonds is 5. The molecule has 1 aliphatic heterocycles. The fourth-order valence-corrected chi connectivity index (χ4v) is 4.17.